The lowest BCUT2D eigenvalue weighted by Gasteiger charge is -2.00. The van der Waals surface area contributed by atoms with E-state index in [1.165, 1.54) is 0 Å². The average Bonchev–Trinajstić information content (AvgIpc) is 1.83. The second-order valence-corrected chi connectivity index (χ2v) is 2.17. The Labute approximate surface area is 51.7 Å². The molecule has 1 atom stereocenters. The Morgan fingerprint density at radius 3 is 2.38 bits per heavy atom. The first-order valence-electron chi connectivity index (χ1n) is 3.47. The Morgan fingerprint density at radius 1 is 1.38 bits per heavy atom. The second kappa shape index (κ2) is 5.10. The Balaban J connectivity index is 2.86. The van der Waals surface area contributed by atoms with Crippen LogP contribution in [-0.2, 0) is 5.11 Å². The minimum atomic E-state index is -0.296. The number of hydrogen-bond acceptors (Lipinski definition) is 0. The molecule has 0 aromatic rings. The summed E-state index contributed by atoms with van der Waals surface area (Å²) >= 11 is 0. The highest BCUT2D eigenvalue weighted by Crippen LogP contribution is 2.02. The second-order valence-electron chi connectivity index (χ2n) is 2.17. The molecule has 0 aromatic carbocycles. The van der Waals surface area contributed by atoms with E-state index in [1.54, 1.807) is 0 Å². The summed E-state index contributed by atoms with van der Waals surface area (Å²) in [4.78, 5) is 0. The predicted molar refractivity (Wildman–Crippen MR) is 34.3 cm³/mol. The lowest BCUT2D eigenvalue weighted by atomic mass is 10.1. The first kappa shape index (κ1) is 7.96. The maximum absolute atomic E-state index is 10.7. The van der Waals surface area contributed by atoms with Crippen LogP contribution in [0.1, 0.15) is 39.5 Å². The van der Waals surface area contributed by atoms with E-state index in [4.69, 9.17) is 0 Å². The summed E-state index contributed by atoms with van der Waals surface area (Å²) < 4.78 is 0. The van der Waals surface area contributed by atoms with Gasteiger partial charge in [0.1, 0.15) is 0 Å². The van der Waals surface area contributed by atoms with E-state index in [1.807, 2.05) is 6.92 Å². The van der Waals surface area contributed by atoms with Gasteiger partial charge in [-0.05, 0) is 12.8 Å². The highest BCUT2D eigenvalue weighted by atomic mass is 16.3. The Morgan fingerprint density at radius 2 is 2.00 bits per heavy atom. The van der Waals surface area contributed by atoms with E-state index in [-0.39, 0.29) is 6.10 Å². The van der Waals surface area contributed by atoms with Gasteiger partial charge in [0.05, 0.1) is 6.10 Å². The van der Waals surface area contributed by atoms with Gasteiger partial charge in [0.2, 0.25) is 0 Å². The van der Waals surface area contributed by atoms with Gasteiger partial charge in [-0.15, -0.1) is 0 Å². The van der Waals surface area contributed by atoms with Crippen molar-refractivity contribution >= 4 is 0 Å². The maximum atomic E-state index is 10.7. The molecule has 0 rings (SSSR count). The van der Waals surface area contributed by atoms with Crippen LogP contribution in [0.25, 0.3) is 0 Å². The van der Waals surface area contributed by atoms with Crippen LogP contribution in [-0.4, -0.2) is 6.10 Å². The molecule has 0 bridgehead atoms. The van der Waals surface area contributed by atoms with E-state index < -0.39 is 0 Å². The molecule has 49 valence electrons. The van der Waals surface area contributed by atoms with Crippen molar-refractivity contribution in [3.63, 3.8) is 0 Å². The van der Waals surface area contributed by atoms with Gasteiger partial charge in [-0.2, -0.15) is 0 Å². The highest BCUT2D eigenvalue weighted by molar-refractivity contribution is 4.49. The van der Waals surface area contributed by atoms with E-state index in [2.05, 4.69) is 6.92 Å². The third-order valence-electron chi connectivity index (χ3n) is 1.33. The van der Waals surface area contributed by atoms with Crippen molar-refractivity contribution in [1.29, 1.82) is 0 Å². The summed E-state index contributed by atoms with van der Waals surface area (Å²) in [5.41, 5.74) is 0. The smallest absolute Gasteiger partial charge is 0.0927 e. The van der Waals surface area contributed by atoms with Gasteiger partial charge in [-0.25, -0.2) is 5.11 Å². The van der Waals surface area contributed by atoms with Gasteiger partial charge < -0.3 is 0 Å². The molecule has 0 amide bonds. The molecule has 1 unspecified atom stereocenters. The van der Waals surface area contributed by atoms with Crippen molar-refractivity contribution in [2.75, 3.05) is 0 Å². The molecule has 1 radical (unpaired) electrons. The molecule has 0 aliphatic carbocycles. The number of unbranched alkanes of at least 4 members (excludes halogenated alkanes) is 1. The van der Waals surface area contributed by atoms with E-state index >= 15 is 0 Å². The van der Waals surface area contributed by atoms with Crippen LogP contribution >= 0.6 is 0 Å². The Hall–Kier alpha value is -0.0400. The molecule has 0 saturated heterocycles. The van der Waals surface area contributed by atoms with Crippen LogP contribution in [0.2, 0.25) is 0 Å². The van der Waals surface area contributed by atoms with Gasteiger partial charge in [0.15, 0.2) is 0 Å². The maximum Gasteiger partial charge on any atom is 0.0927 e. The van der Waals surface area contributed by atoms with Gasteiger partial charge in [-0.3, -0.25) is 0 Å². The normalized spacial score (nSPS) is 13.9. The van der Waals surface area contributed by atoms with Crippen molar-refractivity contribution in [1.82, 2.24) is 0 Å². The molecule has 0 fully saturated rings. The lowest BCUT2D eigenvalue weighted by molar-refractivity contribution is 0.0760. The molecule has 0 aromatic heterocycles. The number of rotatable bonds is 4. The standard InChI is InChI=1S/C7H15O/c1-3-5-6-7(8)4-2/h7H,3-6H2,1-2H3. The summed E-state index contributed by atoms with van der Waals surface area (Å²) in [5.74, 6) is 0. The van der Waals surface area contributed by atoms with Crippen molar-refractivity contribution in [2.45, 2.75) is 45.6 Å². The van der Waals surface area contributed by atoms with Crippen molar-refractivity contribution in [3.8, 4) is 0 Å². The fourth-order valence-electron chi connectivity index (χ4n) is 0.636. The molecule has 0 heterocycles. The molecule has 0 N–H and O–H groups in total. The SMILES string of the molecule is CCCCC([O])CC. The third kappa shape index (κ3) is 4.13. The lowest BCUT2D eigenvalue weighted by Crippen LogP contribution is -2.00. The van der Waals surface area contributed by atoms with E-state index in [0.717, 1.165) is 25.7 Å². The van der Waals surface area contributed by atoms with Gasteiger partial charge in [0, 0.05) is 0 Å². The first-order chi connectivity index (χ1) is 3.81. The zero-order valence-corrected chi connectivity index (χ0v) is 5.81. The van der Waals surface area contributed by atoms with Crippen LogP contribution < -0.4 is 0 Å². The quantitative estimate of drug-likeness (QED) is 0.536. The molecular formula is C7H15O. The minimum absolute atomic E-state index is 0.296. The zero-order chi connectivity index (χ0) is 6.41. The van der Waals surface area contributed by atoms with Crippen LogP contribution in [0, 0.1) is 0 Å². The monoisotopic (exact) mass is 115 g/mol. The molecule has 8 heavy (non-hydrogen) atoms. The number of hydrogen-bond donors (Lipinski definition) is 0. The minimum Gasteiger partial charge on any atom is -0.233 e. The van der Waals surface area contributed by atoms with Crippen molar-refractivity contribution < 1.29 is 5.11 Å². The largest absolute Gasteiger partial charge is 0.233 e. The average molecular weight is 115 g/mol. The van der Waals surface area contributed by atoms with Crippen LogP contribution in [0.4, 0.5) is 0 Å². The molecule has 1 heteroatoms. The van der Waals surface area contributed by atoms with Gasteiger partial charge in [-0.1, -0.05) is 26.7 Å². The summed E-state index contributed by atoms with van der Waals surface area (Å²) in [6, 6.07) is 0. The Kier molecular flexibility index (Phi) is 5.08. The van der Waals surface area contributed by atoms with Gasteiger partial charge >= 0.3 is 0 Å². The highest BCUT2D eigenvalue weighted by Gasteiger charge is 1.99. The van der Waals surface area contributed by atoms with Crippen molar-refractivity contribution in [3.05, 3.63) is 0 Å². The summed E-state index contributed by atoms with van der Waals surface area (Å²) in [6.07, 6.45) is 3.61. The van der Waals surface area contributed by atoms with Crippen LogP contribution in [0.5, 0.6) is 0 Å². The molecule has 1 nitrogen and oxygen atoms in total. The summed E-state index contributed by atoms with van der Waals surface area (Å²) in [7, 11) is 0. The molecule has 0 saturated carbocycles. The molecular weight excluding hydrogens is 100 g/mol. The summed E-state index contributed by atoms with van der Waals surface area (Å²) in [6.45, 7) is 4.07. The Bertz CT molecular complexity index is 43.7. The predicted octanol–water partition coefficient (Wildman–Crippen LogP) is 2.39. The molecule has 0 aliphatic rings. The van der Waals surface area contributed by atoms with Crippen LogP contribution in [0.15, 0.2) is 0 Å². The van der Waals surface area contributed by atoms with Crippen LogP contribution in [0.3, 0.4) is 0 Å². The first-order valence-corrected chi connectivity index (χ1v) is 3.47. The zero-order valence-electron chi connectivity index (χ0n) is 5.81. The molecule has 0 aliphatic heterocycles. The van der Waals surface area contributed by atoms with Gasteiger partial charge in [0.25, 0.3) is 0 Å². The third-order valence-corrected chi connectivity index (χ3v) is 1.33. The summed E-state index contributed by atoms with van der Waals surface area (Å²) in [5, 5.41) is 10.7. The fourth-order valence-corrected chi connectivity index (χ4v) is 0.636. The van der Waals surface area contributed by atoms with Crippen molar-refractivity contribution in [2.24, 2.45) is 0 Å². The van der Waals surface area contributed by atoms with E-state index in [9.17, 15) is 5.11 Å². The topological polar surface area (TPSA) is 19.9 Å². The molecule has 0 spiro atoms. The fraction of sp³-hybridized carbons (Fsp3) is 1.00. The van der Waals surface area contributed by atoms with E-state index in [0.29, 0.717) is 0 Å².